The molecule has 198 valence electrons. The van der Waals surface area contributed by atoms with Crippen molar-refractivity contribution in [3.05, 3.63) is 66.5 Å². The Bertz CT molecular complexity index is 1080. The van der Waals surface area contributed by atoms with E-state index >= 15 is 0 Å². The molecule has 0 saturated carbocycles. The van der Waals surface area contributed by atoms with E-state index in [1.54, 1.807) is 24.5 Å². The molecular weight excluding hydrogens is 463 g/mol. The SMILES string of the molecule is CCCCCCCCc1ccc(-c2ncc(-c3ccc(OC(=O)C(C)(F)CCCCC)cc3)cn2)cc1. The van der Waals surface area contributed by atoms with Crippen LogP contribution in [0.1, 0.15) is 90.5 Å². The number of hydrogen-bond acceptors (Lipinski definition) is 4. The first-order valence-corrected chi connectivity index (χ1v) is 13.9. The Balaban J connectivity index is 1.53. The molecule has 0 aliphatic heterocycles. The van der Waals surface area contributed by atoms with Gasteiger partial charge in [-0.2, -0.15) is 0 Å². The smallest absolute Gasteiger partial charge is 0.348 e. The van der Waals surface area contributed by atoms with Gasteiger partial charge in [0.25, 0.3) is 0 Å². The number of aromatic nitrogens is 2. The normalized spacial score (nSPS) is 12.8. The summed E-state index contributed by atoms with van der Waals surface area (Å²) in [6, 6.07) is 15.5. The molecular formula is C32H41FN2O2. The summed E-state index contributed by atoms with van der Waals surface area (Å²) in [7, 11) is 0. The molecule has 3 aromatic rings. The minimum Gasteiger partial charge on any atom is -0.424 e. The molecule has 0 spiro atoms. The Labute approximate surface area is 221 Å². The molecule has 1 aromatic heterocycles. The van der Waals surface area contributed by atoms with Crippen molar-refractivity contribution in [2.75, 3.05) is 0 Å². The topological polar surface area (TPSA) is 52.1 Å². The fourth-order valence-electron chi connectivity index (χ4n) is 4.29. The van der Waals surface area contributed by atoms with Gasteiger partial charge in [-0.15, -0.1) is 0 Å². The Hall–Kier alpha value is -3.08. The first kappa shape index (κ1) is 28.5. The maximum atomic E-state index is 14.7. The summed E-state index contributed by atoms with van der Waals surface area (Å²) in [6.45, 7) is 5.58. The molecule has 0 fully saturated rings. The van der Waals surface area contributed by atoms with Crippen molar-refractivity contribution in [1.29, 1.82) is 0 Å². The van der Waals surface area contributed by atoms with E-state index in [1.807, 2.05) is 19.1 Å². The van der Waals surface area contributed by atoms with Crippen molar-refractivity contribution in [1.82, 2.24) is 9.97 Å². The van der Waals surface area contributed by atoms with Crippen LogP contribution in [0.5, 0.6) is 5.75 Å². The number of halogens is 1. The number of alkyl halides is 1. The number of benzene rings is 2. The van der Waals surface area contributed by atoms with Gasteiger partial charge in [0.2, 0.25) is 5.67 Å². The molecule has 5 heteroatoms. The molecule has 0 N–H and O–H groups in total. The minimum absolute atomic E-state index is 0.170. The fraction of sp³-hybridized carbons (Fsp3) is 0.469. The van der Waals surface area contributed by atoms with Crippen LogP contribution < -0.4 is 4.74 Å². The molecule has 2 aromatic carbocycles. The van der Waals surface area contributed by atoms with Crippen LogP contribution in [0.2, 0.25) is 0 Å². The third-order valence-electron chi connectivity index (χ3n) is 6.76. The number of hydrogen-bond donors (Lipinski definition) is 0. The average Bonchev–Trinajstić information content (AvgIpc) is 2.91. The maximum absolute atomic E-state index is 14.7. The second-order valence-electron chi connectivity index (χ2n) is 10.1. The predicted molar refractivity (Wildman–Crippen MR) is 149 cm³/mol. The zero-order chi connectivity index (χ0) is 26.5. The van der Waals surface area contributed by atoms with Gasteiger partial charge in [0, 0.05) is 23.5 Å². The number of unbranched alkanes of at least 4 members (excludes halogenated alkanes) is 7. The summed E-state index contributed by atoms with van der Waals surface area (Å²) in [5.41, 5.74) is 2.12. The van der Waals surface area contributed by atoms with Gasteiger partial charge < -0.3 is 4.74 Å². The summed E-state index contributed by atoms with van der Waals surface area (Å²) in [5.74, 6) is 0.166. The summed E-state index contributed by atoms with van der Waals surface area (Å²) in [6.07, 6.45) is 15.2. The van der Waals surface area contributed by atoms with Gasteiger partial charge >= 0.3 is 5.97 Å². The first-order chi connectivity index (χ1) is 17.9. The van der Waals surface area contributed by atoms with E-state index in [1.165, 1.54) is 51.0 Å². The third-order valence-corrected chi connectivity index (χ3v) is 6.76. The first-order valence-electron chi connectivity index (χ1n) is 13.9. The largest absolute Gasteiger partial charge is 0.424 e. The second kappa shape index (κ2) is 14.6. The van der Waals surface area contributed by atoms with Crippen molar-refractivity contribution in [3.63, 3.8) is 0 Å². The van der Waals surface area contributed by atoms with Crippen LogP contribution in [-0.2, 0) is 11.2 Å². The van der Waals surface area contributed by atoms with Gasteiger partial charge in [-0.1, -0.05) is 95.2 Å². The highest BCUT2D eigenvalue weighted by atomic mass is 19.1. The lowest BCUT2D eigenvalue weighted by Crippen LogP contribution is -2.34. The molecule has 37 heavy (non-hydrogen) atoms. The predicted octanol–water partition coefficient (Wildman–Crippen LogP) is 8.93. The molecule has 1 atom stereocenters. The molecule has 0 bridgehead atoms. The van der Waals surface area contributed by atoms with Crippen LogP contribution in [0, 0.1) is 0 Å². The highest BCUT2D eigenvalue weighted by molar-refractivity contribution is 5.81. The fourth-order valence-corrected chi connectivity index (χ4v) is 4.29. The minimum atomic E-state index is -1.98. The van der Waals surface area contributed by atoms with E-state index in [0.717, 1.165) is 36.0 Å². The number of carbonyl (C=O) groups is 1. The summed E-state index contributed by atoms with van der Waals surface area (Å²) < 4.78 is 19.9. The molecule has 0 amide bonds. The summed E-state index contributed by atoms with van der Waals surface area (Å²) in [5, 5.41) is 0. The van der Waals surface area contributed by atoms with Gasteiger partial charge in [0.15, 0.2) is 5.82 Å². The molecule has 0 aliphatic carbocycles. The number of carbonyl (C=O) groups excluding carboxylic acids is 1. The summed E-state index contributed by atoms with van der Waals surface area (Å²) in [4.78, 5) is 21.4. The van der Waals surface area contributed by atoms with Crippen molar-refractivity contribution < 1.29 is 13.9 Å². The highest BCUT2D eigenvalue weighted by Gasteiger charge is 2.34. The van der Waals surface area contributed by atoms with Gasteiger partial charge in [0.1, 0.15) is 5.75 Å². The monoisotopic (exact) mass is 504 g/mol. The lowest BCUT2D eigenvalue weighted by molar-refractivity contribution is -0.147. The van der Waals surface area contributed by atoms with E-state index in [2.05, 4.69) is 41.2 Å². The number of rotatable bonds is 15. The van der Waals surface area contributed by atoms with Crippen molar-refractivity contribution in [2.24, 2.45) is 0 Å². The van der Waals surface area contributed by atoms with Crippen LogP contribution in [0.4, 0.5) is 4.39 Å². The molecule has 0 aliphatic rings. The molecule has 1 heterocycles. The lowest BCUT2D eigenvalue weighted by atomic mass is 10.0. The van der Waals surface area contributed by atoms with Crippen molar-refractivity contribution >= 4 is 5.97 Å². The van der Waals surface area contributed by atoms with Gasteiger partial charge in [0.05, 0.1) is 0 Å². The van der Waals surface area contributed by atoms with Crippen LogP contribution in [-0.4, -0.2) is 21.6 Å². The average molecular weight is 505 g/mol. The maximum Gasteiger partial charge on any atom is 0.348 e. The quantitative estimate of drug-likeness (QED) is 0.118. The van der Waals surface area contributed by atoms with Crippen LogP contribution >= 0.6 is 0 Å². The Kier molecular flexibility index (Phi) is 11.2. The molecule has 4 nitrogen and oxygen atoms in total. The van der Waals surface area contributed by atoms with E-state index in [9.17, 15) is 9.18 Å². The number of nitrogens with zero attached hydrogens (tertiary/aromatic N) is 2. The second-order valence-corrected chi connectivity index (χ2v) is 10.1. The lowest BCUT2D eigenvalue weighted by Gasteiger charge is -2.18. The van der Waals surface area contributed by atoms with E-state index < -0.39 is 11.6 Å². The van der Waals surface area contributed by atoms with E-state index in [-0.39, 0.29) is 6.42 Å². The third kappa shape index (κ3) is 9.07. The summed E-state index contributed by atoms with van der Waals surface area (Å²) >= 11 is 0. The van der Waals surface area contributed by atoms with Crippen LogP contribution in [0.25, 0.3) is 22.5 Å². The Morgan fingerprint density at radius 1 is 0.757 bits per heavy atom. The number of esters is 1. The van der Waals surface area contributed by atoms with Crippen LogP contribution in [0.3, 0.4) is 0 Å². The highest BCUT2D eigenvalue weighted by Crippen LogP contribution is 2.26. The standard InChI is InChI=1S/C32H41FN2O2/c1-4-6-8-9-10-11-13-25-14-16-27(17-15-25)30-34-23-28(24-35-30)26-18-20-29(21-19-26)37-31(36)32(3,33)22-12-7-5-2/h14-21,23-24H,4-13,22H2,1-3H3. The van der Waals surface area contributed by atoms with Crippen molar-refractivity contribution in [3.8, 4) is 28.3 Å². The number of ether oxygens (including phenoxy) is 1. The zero-order valence-corrected chi connectivity index (χ0v) is 22.6. The Morgan fingerprint density at radius 2 is 1.32 bits per heavy atom. The molecule has 0 radical (unpaired) electrons. The van der Waals surface area contributed by atoms with Gasteiger partial charge in [-0.25, -0.2) is 19.2 Å². The van der Waals surface area contributed by atoms with Crippen molar-refractivity contribution in [2.45, 2.75) is 97.1 Å². The number of aryl methyl sites for hydroxylation is 1. The van der Waals surface area contributed by atoms with E-state index in [0.29, 0.717) is 18.0 Å². The molecule has 1 unspecified atom stereocenters. The van der Waals surface area contributed by atoms with Gasteiger partial charge in [-0.3, -0.25) is 0 Å². The zero-order valence-electron chi connectivity index (χ0n) is 22.6. The van der Waals surface area contributed by atoms with Gasteiger partial charge in [-0.05, 0) is 55.9 Å². The molecule has 3 rings (SSSR count). The van der Waals surface area contributed by atoms with Crippen LogP contribution in [0.15, 0.2) is 60.9 Å². The molecule has 0 saturated heterocycles. The van der Waals surface area contributed by atoms with E-state index in [4.69, 9.17) is 4.74 Å². The Morgan fingerprint density at radius 3 is 1.97 bits per heavy atom.